The Hall–Kier alpha value is -4.75. The zero-order valence-electron chi connectivity index (χ0n) is 20.2. The van der Waals surface area contributed by atoms with Gasteiger partial charge in [-0.3, -0.25) is 4.98 Å². The number of aromatic nitrogens is 6. The zero-order chi connectivity index (χ0) is 25.1. The van der Waals surface area contributed by atoms with Crippen LogP contribution in [-0.4, -0.2) is 29.5 Å². The fraction of sp³-hybridized carbons (Fsp3) is 0.0645. The molecule has 0 unspecified atom stereocenters. The molecule has 1 aliphatic rings. The molecule has 7 aromatic rings. The van der Waals surface area contributed by atoms with Crippen LogP contribution < -0.4 is 0 Å². The van der Waals surface area contributed by atoms with Crippen LogP contribution in [0.2, 0.25) is 0 Å². The predicted octanol–water partition coefficient (Wildman–Crippen LogP) is 7.27. The van der Waals surface area contributed by atoms with E-state index in [1.165, 1.54) is 31.4 Å². The summed E-state index contributed by atoms with van der Waals surface area (Å²) >= 11 is 1.83. The summed E-state index contributed by atoms with van der Waals surface area (Å²) in [5.74, 6) is 1.34. The first kappa shape index (κ1) is 21.3. The van der Waals surface area contributed by atoms with Gasteiger partial charge in [0.2, 0.25) is 0 Å². The van der Waals surface area contributed by atoms with Crippen molar-refractivity contribution in [3.8, 4) is 28.5 Å². The van der Waals surface area contributed by atoms with Crippen LogP contribution in [0, 0.1) is 0 Å². The van der Waals surface area contributed by atoms with E-state index in [1.54, 1.807) is 24.8 Å². The SMILES string of the molecule is C1=Cc2c(n(-c3cc(-c4ncccn4)cc(-c4ncccn4)c3)c3c2ncc2c4ccccc4sc23)CC1. The van der Waals surface area contributed by atoms with Gasteiger partial charge in [-0.1, -0.05) is 30.4 Å². The van der Waals surface area contributed by atoms with Crippen molar-refractivity contribution < 1.29 is 0 Å². The van der Waals surface area contributed by atoms with Gasteiger partial charge < -0.3 is 4.57 Å². The molecule has 180 valence electrons. The summed E-state index contributed by atoms with van der Waals surface area (Å²) in [6, 6.07) is 18.7. The molecule has 0 fully saturated rings. The summed E-state index contributed by atoms with van der Waals surface area (Å²) in [5.41, 5.74) is 7.52. The third-order valence-corrected chi connectivity index (χ3v) is 8.31. The molecule has 2 aromatic carbocycles. The van der Waals surface area contributed by atoms with Crippen molar-refractivity contribution in [1.29, 1.82) is 0 Å². The Bertz CT molecular complexity index is 1970. The maximum Gasteiger partial charge on any atom is 0.159 e. The third kappa shape index (κ3) is 3.22. The third-order valence-electron chi connectivity index (χ3n) is 7.11. The largest absolute Gasteiger partial charge is 0.310 e. The monoisotopic (exact) mass is 508 g/mol. The summed E-state index contributed by atoms with van der Waals surface area (Å²) in [4.78, 5) is 23.2. The van der Waals surface area contributed by atoms with E-state index >= 15 is 0 Å². The van der Waals surface area contributed by atoms with Crippen molar-refractivity contribution >= 4 is 48.6 Å². The van der Waals surface area contributed by atoms with E-state index in [1.807, 2.05) is 29.7 Å². The Morgan fingerprint density at radius 1 is 0.737 bits per heavy atom. The lowest BCUT2D eigenvalue weighted by atomic mass is 10.0. The fourth-order valence-electron chi connectivity index (χ4n) is 5.49. The molecule has 0 N–H and O–H groups in total. The molecule has 0 saturated carbocycles. The minimum Gasteiger partial charge on any atom is -0.310 e. The standard InChI is InChI=1S/C31H20N6S/c1-3-9-25-23(8-1)27-28(29-24(18-36-27)22-7-2-4-10-26(22)38-29)37(25)21-16-19(30-32-11-5-12-33-30)15-20(17-21)31-34-13-6-14-35-31/h1-2,4-8,10-18H,3,9H2. The molecular formula is C31H20N6S. The summed E-state index contributed by atoms with van der Waals surface area (Å²) in [6.45, 7) is 0. The summed E-state index contributed by atoms with van der Waals surface area (Å²) < 4.78 is 4.92. The van der Waals surface area contributed by atoms with Gasteiger partial charge in [0, 0.05) is 74.5 Å². The predicted molar refractivity (Wildman–Crippen MR) is 153 cm³/mol. The number of nitrogens with zero attached hydrogens (tertiary/aromatic N) is 6. The van der Waals surface area contributed by atoms with Crippen LogP contribution in [0.4, 0.5) is 0 Å². The summed E-state index contributed by atoms with van der Waals surface area (Å²) in [7, 11) is 0. The van der Waals surface area contributed by atoms with Gasteiger partial charge in [-0.25, -0.2) is 19.9 Å². The molecule has 0 radical (unpaired) electrons. The van der Waals surface area contributed by atoms with Crippen LogP contribution in [0.25, 0.3) is 65.7 Å². The maximum absolute atomic E-state index is 5.04. The molecule has 5 aromatic heterocycles. The first-order valence-corrected chi connectivity index (χ1v) is 13.4. The van der Waals surface area contributed by atoms with E-state index in [0.717, 1.165) is 40.7 Å². The van der Waals surface area contributed by atoms with Gasteiger partial charge in [-0.05, 0) is 49.2 Å². The van der Waals surface area contributed by atoms with Gasteiger partial charge >= 0.3 is 0 Å². The number of thiophene rings is 1. The van der Waals surface area contributed by atoms with Crippen LogP contribution in [0.1, 0.15) is 17.7 Å². The highest BCUT2D eigenvalue weighted by Gasteiger charge is 2.24. The second kappa shape index (κ2) is 8.39. The van der Waals surface area contributed by atoms with Gasteiger partial charge in [0.1, 0.15) is 0 Å². The fourth-order valence-corrected chi connectivity index (χ4v) is 6.70. The molecule has 7 heteroatoms. The minimum absolute atomic E-state index is 0.668. The van der Waals surface area contributed by atoms with E-state index < -0.39 is 0 Å². The van der Waals surface area contributed by atoms with Crippen molar-refractivity contribution in [3.63, 3.8) is 0 Å². The molecule has 38 heavy (non-hydrogen) atoms. The number of allylic oxidation sites excluding steroid dienone is 1. The number of benzene rings is 2. The molecular weight excluding hydrogens is 488 g/mol. The number of fused-ring (bicyclic) bond motifs is 7. The van der Waals surface area contributed by atoms with E-state index in [0.29, 0.717) is 11.6 Å². The molecule has 8 rings (SSSR count). The van der Waals surface area contributed by atoms with Gasteiger partial charge in [0.25, 0.3) is 0 Å². The van der Waals surface area contributed by atoms with Gasteiger partial charge in [-0.2, -0.15) is 0 Å². The molecule has 5 heterocycles. The molecule has 0 spiro atoms. The second-order valence-corrected chi connectivity index (χ2v) is 10.4. The number of hydrogen-bond acceptors (Lipinski definition) is 6. The molecule has 0 atom stereocenters. The highest BCUT2D eigenvalue weighted by molar-refractivity contribution is 7.26. The van der Waals surface area contributed by atoms with Crippen LogP contribution in [0.5, 0.6) is 0 Å². The van der Waals surface area contributed by atoms with Crippen molar-refractivity contribution in [3.05, 3.63) is 103 Å². The van der Waals surface area contributed by atoms with E-state index in [2.05, 4.69) is 79.1 Å². The van der Waals surface area contributed by atoms with Gasteiger partial charge in [0.15, 0.2) is 11.6 Å². The molecule has 0 aliphatic heterocycles. The van der Waals surface area contributed by atoms with E-state index in [-0.39, 0.29) is 0 Å². The Morgan fingerprint density at radius 2 is 1.45 bits per heavy atom. The Balaban J connectivity index is 1.50. The van der Waals surface area contributed by atoms with E-state index in [9.17, 15) is 0 Å². The molecule has 1 aliphatic carbocycles. The van der Waals surface area contributed by atoms with Gasteiger partial charge in [0.05, 0.1) is 15.7 Å². The molecule has 0 amide bonds. The normalized spacial score (nSPS) is 12.9. The average Bonchev–Trinajstić information content (AvgIpc) is 3.54. The van der Waals surface area contributed by atoms with Crippen molar-refractivity contribution in [2.24, 2.45) is 0 Å². The first-order chi connectivity index (χ1) is 18.8. The van der Waals surface area contributed by atoms with Crippen molar-refractivity contribution in [1.82, 2.24) is 29.5 Å². The minimum atomic E-state index is 0.668. The van der Waals surface area contributed by atoms with Crippen molar-refractivity contribution in [2.45, 2.75) is 12.8 Å². The Kier molecular flexibility index (Phi) is 4.72. The molecule has 0 saturated heterocycles. The van der Waals surface area contributed by atoms with Gasteiger partial charge in [-0.15, -0.1) is 11.3 Å². The van der Waals surface area contributed by atoms with Crippen molar-refractivity contribution in [2.75, 3.05) is 0 Å². The maximum atomic E-state index is 5.04. The van der Waals surface area contributed by atoms with Crippen LogP contribution >= 0.6 is 11.3 Å². The number of pyridine rings is 1. The Morgan fingerprint density at radius 3 is 2.18 bits per heavy atom. The van der Waals surface area contributed by atoms with Crippen LogP contribution in [0.15, 0.2) is 91.7 Å². The average molecular weight is 509 g/mol. The smallest absolute Gasteiger partial charge is 0.159 e. The quantitative estimate of drug-likeness (QED) is 0.251. The molecule has 6 nitrogen and oxygen atoms in total. The lowest BCUT2D eigenvalue weighted by Gasteiger charge is -2.16. The number of hydrogen-bond donors (Lipinski definition) is 0. The van der Waals surface area contributed by atoms with Crippen LogP contribution in [0.3, 0.4) is 0 Å². The highest BCUT2D eigenvalue weighted by atomic mass is 32.1. The summed E-state index contributed by atoms with van der Waals surface area (Å²) in [5, 5.41) is 2.43. The topological polar surface area (TPSA) is 69.4 Å². The zero-order valence-corrected chi connectivity index (χ0v) is 21.1. The highest BCUT2D eigenvalue weighted by Crippen LogP contribution is 2.43. The van der Waals surface area contributed by atoms with E-state index in [4.69, 9.17) is 4.98 Å². The molecule has 0 bridgehead atoms. The second-order valence-electron chi connectivity index (χ2n) is 9.35. The lowest BCUT2D eigenvalue weighted by molar-refractivity contribution is 0.890. The Labute approximate surface area is 222 Å². The number of rotatable bonds is 3. The lowest BCUT2D eigenvalue weighted by Crippen LogP contribution is -2.04. The van der Waals surface area contributed by atoms with Crippen LogP contribution in [-0.2, 0) is 6.42 Å². The summed E-state index contributed by atoms with van der Waals surface area (Å²) in [6.07, 6.45) is 15.6. The first-order valence-electron chi connectivity index (χ1n) is 12.6.